The molecule has 0 aromatic heterocycles. The topological polar surface area (TPSA) is 40.5 Å². The van der Waals surface area contributed by atoms with E-state index >= 15 is 0 Å². The summed E-state index contributed by atoms with van der Waals surface area (Å²) in [6, 6.07) is 7.11. The third kappa shape index (κ3) is 5.61. The SMILES string of the molecule is Oc1c(Br)cc(Br)cc1Br.Oc1c(Br)cc(Br)cc1Br. The van der Waals surface area contributed by atoms with Crippen LogP contribution in [-0.2, 0) is 0 Å². The minimum atomic E-state index is 0.225. The second kappa shape index (κ2) is 8.53. The maximum atomic E-state index is 9.22. The Bertz CT molecular complexity index is 528. The average molecular weight is 662 g/mol. The maximum Gasteiger partial charge on any atom is 0.144 e. The average Bonchev–Trinajstić information content (AvgIpc) is 2.33. The molecule has 0 atom stereocenters. The molecule has 0 saturated carbocycles. The summed E-state index contributed by atoms with van der Waals surface area (Å²) in [7, 11) is 0. The fourth-order valence-corrected chi connectivity index (χ4v) is 5.59. The van der Waals surface area contributed by atoms with Crippen molar-refractivity contribution in [2.75, 3.05) is 0 Å². The first-order chi connectivity index (χ1) is 9.22. The lowest BCUT2D eigenvalue weighted by atomic mass is 10.3. The van der Waals surface area contributed by atoms with Crippen molar-refractivity contribution in [3.8, 4) is 11.5 Å². The molecule has 8 heteroatoms. The Morgan fingerprint density at radius 2 is 0.700 bits per heavy atom. The maximum absolute atomic E-state index is 9.22. The van der Waals surface area contributed by atoms with Gasteiger partial charge in [0.05, 0.1) is 17.9 Å². The molecule has 2 rings (SSSR count). The summed E-state index contributed by atoms with van der Waals surface area (Å²) < 4.78 is 4.54. The first-order valence-electron chi connectivity index (χ1n) is 4.89. The molecule has 0 radical (unpaired) electrons. The second-order valence-electron chi connectivity index (χ2n) is 3.44. The highest BCUT2D eigenvalue weighted by Crippen LogP contribution is 2.35. The monoisotopic (exact) mass is 656 g/mol. The van der Waals surface area contributed by atoms with Crippen molar-refractivity contribution in [3.63, 3.8) is 0 Å². The normalized spacial score (nSPS) is 9.90. The van der Waals surface area contributed by atoms with Crippen LogP contribution in [0.3, 0.4) is 0 Å². The molecule has 0 amide bonds. The summed E-state index contributed by atoms with van der Waals surface area (Å²) in [6.45, 7) is 0. The van der Waals surface area contributed by atoms with Gasteiger partial charge in [-0.1, -0.05) is 31.9 Å². The summed E-state index contributed by atoms with van der Waals surface area (Å²) in [4.78, 5) is 0. The highest BCUT2D eigenvalue weighted by Gasteiger charge is 2.03. The lowest BCUT2D eigenvalue weighted by molar-refractivity contribution is 0.468. The highest BCUT2D eigenvalue weighted by atomic mass is 79.9. The van der Waals surface area contributed by atoms with Crippen LogP contribution in [0, 0.1) is 0 Å². The van der Waals surface area contributed by atoms with Crippen LogP contribution >= 0.6 is 95.6 Å². The molecule has 0 saturated heterocycles. The van der Waals surface area contributed by atoms with Gasteiger partial charge in [-0.05, 0) is 88.0 Å². The van der Waals surface area contributed by atoms with Gasteiger partial charge < -0.3 is 10.2 Å². The molecule has 0 heterocycles. The quantitative estimate of drug-likeness (QED) is 0.310. The summed E-state index contributed by atoms with van der Waals surface area (Å²) in [5, 5.41) is 18.4. The molecule has 20 heavy (non-hydrogen) atoms. The van der Waals surface area contributed by atoms with Gasteiger partial charge in [0.25, 0.3) is 0 Å². The number of hydrogen-bond donors (Lipinski definition) is 2. The van der Waals surface area contributed by atoms with Crippen molar-refractivity contribution in [2.24, 2.45) is 0 Å². The third-order valence-electron chi connectivity index (χ3n) is 1.96. The van der Waals surface area contributed by atoms with Gasteiger partial charge in [-0.15, -0.1) is 0 Å². The predicted molar refractivity (Wildman–Crippen MR) is 102 cm³/mol. The van der Waals surface area contributed by atoms with Crippen molar-refractivity contribution < 1.29 is 10.2 Å². The Morgan fingerprint density at radius 3 is 0.900 bits per heavy atom. The van der Waals surface area contributed by atoms with E-state index in [0.717, 1.165) is 8.95 Å². The van der Waals surface area contributed by atoms with E-state index in [-0.39, 0.29) is 11.5 Å². The van der Waals surface area contributed by atoms with Crippen molar-refractivity contribution in [1.29, 1.82) is 0 Å². The molecular weight excluding hydrogens is 656 g/mol. The molecule has 0 bridgehead atoms. The van der Waals surface area contributed by atoms with Crippen LogP contribution in [0.4, 0.5) is 0 Å². The van der Waals surface area contributed by atoms with E-state index in [1.165, 1.54) is 0 Å². The van der Waals surface area contributed by atoms with E-state index in [0.29, 0.717) is 17.9 Å². The van der Waals surface area contributed by atoms with Crippen molar-refractivity contribution in [1.82, 2.24) is 0 Å². The number of phenolic OH excluding ortho intramolecular Hbond substituents is 2. The third-order valence-corrected chi connectivity index (χ3v) is 5.30. The minimum absolute atomic E-state index is 0.225. The van der Waals surface area contributed by atoms with Crippen molar-refractivity contribution in [3.05, 3.63) is 51.1 Å². The van der Waals surface area contributed by atoms with E-state index in [4.69, 9.17) is 0 Å². The van der Waals surface area contributed by atoms with Gasteiger partial charge in [-0.3, -0.25) is 0 Å². The van der Waals surface area contributed by atoms with Gasteiger partial charge in [0.1, 0.15) is 11.5 Å². The Balaban J connectivity index is 0.000000200. The Labute approximate surface area is 166 Å². The molecule has 0 aliphatic heterocycles. The van der Waals surface area contributed by atoms with Crippen LogP contribution in [0.1, 0.15) is 0 Å². The zero-order valence-electron chi connectivity index (χ0n) is 9.47. The van der Waals surface area contributed by atoms with E-state index in [1.54, 1.807) is 24.3 Å². The van der Waals surface area contributed by atoms with Gasteiger partial charge in [0.2, 0.25) is 0 Å². The number of hydrogen-bond acceptors (Lipinski definition) is 2. The Morgan fingerprint density at radius 1 is 0.500 bits per heavy atom. The number of benzene rings is 2. The summed E-state index contributed by atoms with van der Waals surface area (Å²) >= 11 is 19.3. The van der Waals surface area contributed by atoms with Gasteiger partial charge >= 0.3 is 0 Å². The predicted octanol–water partition coefficient (Wildman–Crippen LogP) is 7.36. The fraction of sp³-hybridized carbons (Fsp3) is 0. The number of aromatic hydroxyl groups is 2. The molecule has 0 fully saturated rings. The molecule has 0 unspecified atom stereocenters. The van der Waals surface area contributed by atoms with E-state index in [2.05, 4.69) is 95.6 Å². The van der Waals surface area contributed by atoms with Crippen LogP contribution < -0.4 is 0 Å². The molecule has 2 N–H and O–H groups in total. The molecule has 2 aromatic carbocycles. The molecule has 0 aliphatic carbocycles. The lowest BCUT2D eigenvalue weighted by Gasteiger charge is -1.99. The van der Waals surface area contributed by atoms with Crippen LogP contribution in [0.15, 0.2) is 51.1 Å². The van der Waals surface area contributed by atoms with Gasteiger partial charge in [-0.2, -0.15) is 0 Å². The number of phenols is 2. The zero-order valence-corrected chi connectivity index (χ0v) is 19.0. The molecule has 2 aromatic rings. The van der Waals surface area contributed by atoms with Gasteiger partial charge in [0, 0.05) is 8.95 Å². The molecule has 2 nitrogen and oxygen atoms in total. The second-order valence-corrected chi connectivity index (χ2v) is 8.68. The minimum Gasteiger partial charge on any atom is -0.506 e. The van der Waals surface area contributed by atoms with E-state index in [1.807, 2.05) is 0 Å². The molecule has 0 aliphatic rings. The van der Waals surface area contributed by atoms with Crippen molar-refractivity contribution >= 4 is 95.6 Å². The van der Waals surface area contributed by atoms with Gasteiger partial charge in [-0.25, -0.2) is 0 Å². The van der Waals surface area contributed by atoms with Crippen molar-refractivity contribution in [2.45, 2.75) is 0 Å². The Kier molecular flexibility index (Phi) is 8.09. The number of rotatable bonds is 0. The molecule has 108 valence electrons. The first kappa shape index (κ1) is 19.0. The van der Waals surface area contributed by atoms with Crippen LogP contribution in [0.2, 0.25) is 0 Å². The Hall–Kier alpha value is 0.920. The highest BCUT2D eigenvalue weighted by molar-refractivity contribution is 9.12. The van der Waals surface area contributed by atoms with Gasteiger partial charge in [0.15, 0.2) is 0 Å². The van der Waals surface area contributed by atoms with E-state index < -0.39 is 0 Å². The number of halogens is 6. The van der Waals surface area contributed by atoms with Crippen LogP contribution in [-0.4, -0.2) is 10.2 Å². The standard InChI is InChI=1S/2C6H3Br3O/c2*7-3-1-4(8)6(10)5(9)2-3/h2*1-2,10H. The largest absolute Gasteiger partial charge is 0.506 e. The molecule has 0 spiro atoms. The first-order valence-corrected chi connectivity index (χ1v) is 9.65. The summed E-state index contributed by atoms with van der Waals surface area (Å²) in [6.07, 6.45) is 0. The summed E-state index contributed by atoms with van der Waals surface area (Å²) in [5.41, 5.74) is 0. The van der Waals surface area contributed by atoms with Crippen LogP contribution in [0.5, 0.6) is 11.5 Å². The zero-order chi connectivity index (χ0) is 15.4. The fourth-order valence-electron chi connectivity index (χ4n) is 1.07. The smallest absolute Gasteiger partial charge is 0.144 e. The molecular formula is C12H6Br6O2. The van der Waals surface area contributed by atoms with Crippen LogP contribution in [0.25, 0.3) is 0 Å². The van der Waals surface area contributed by atoms with E-state index in [9.17, 15) is 10.2 Å². The lowest BCUT2D eigenvalue weighted by Crippen LogP contribution is -1.71. The summed E-state index contributed by atoms with van der Waals surface area (Å²) in [5.74, 6) is 0.450.